The molecule has 0 atom stereocenters. The third kappa shape index (κ3) is 5.00. The van der Waals surface area contributed by atoms with Crippen LogP contribution in [0.15, 0.2) is 42.5 Å². The van der Waals surface area contributed by atoms with Crippen molar-refractivity contribution in [1.29, 1.82) is 0 Å². The zero-order valence-electron chi connectivity index (χ0n) is 14.5. The smallest absolute Gasteiger partial charge is 0.159 e. The molecular formula is C20H24F2N2O. The molecule has 3 nitrogen and oxygen atoms in total. The number of halogens is 2. The van der Waals surface area contributed by atoms with Crippen LogP contribution in [0.5, 0.6) is 5.75 Å². The second kappa shape index (κ2) is 8.41. The van der Waals surface area contributed by atoms with Gasteiger partial charge < -0.3 is 4.74 Å². The van der Waals surface area contributed by atoms with E-state index in [0.717, 1.165) is 50.5 Å². The van der Waals surface area contributed by atoms with Crippen molar-refractivity contribution in [2.45, 2.75) is 19.5 Å². The molecule has 0 unspecified atom stereocenters. The predicted octanol–water partition coefficient (Wildman–Crippen LogP) is 3.68. The molecular weight excluding hydrogens is 322 g/mol. The molecule has 3 rings (SSSR count). The van der Waals surface area contributed by atoms with Gasteiger partial charge in [-0.15, -0.1) is 0 Å². The van der Waals surface area contributed by atoms with Crippen molar-refractivity contribution < 1.29 is 13.5 Å². The average molecular weight is 346 g/mol. The van der Waals surface area contributed by atoms with Gasteiger partial charge in [-0.2, -0.15) is 0 Å². The first-order valence-electron chi connectivity index (χ1n) is 8.65. The first-order valence-corrected chi connectivity index (χ1v) is 8.65. The van der Waals surface area contributed by atoms with Crippen molar-refractivity contribution in [2.75, 3.05) is 33.3 Å². The highest BCUT2D eigenvalue weighted by Gasteiger charge is 2.16. The topological polar surface area (TPSA) is 15.7 Å². The number of nitrogens with zero attached hydrogens (tertiary/aromatic N) is 2. The fraction of sp³-hybridized carbons (Fsp3) is 0.400. The van der Waals surface area contributed by atoms with Gasteiger partial charge in [-0.3, -0.25) is 9.80 Å². The molecule has 0 aliphatic carbocycles. The highest BCUT2D eigenvalue weighted by molar-refractivity contribution is 5.27. The van der Waals surface area contributed by atoms with Crippen LogP contribution in [-0.4, -0.2) is 43.1 Å². The molecule has 5 heteroatoms. The van der Waals surface area contributed by atoms with Gasteiger partial charge in [-0.1, -0.05) is 18.2 Å². The van der Waals surface area contributed by atoms with Crippen molar-refractivity contribution >= 4 is 0 Å². The van der Waals surface area contributed by atoms with Crippen LogP contribution in [0.1, 0.15) is 17.5 Å². The second-order valence-electron chi connectivity index (χ2n) is 6.50. The highest BCUT2D eigenvalue weighted by atomic mass is 19.2. The molecule has 25 heavy (non-hydrogen) atoms. The summed E-state index contributed by atoms with van der Waals surface area (Å²) in [6, 6.07) is 12.4. The summed E-state index contributed by atoms with van der Waals surface area (Å²) >= 11 is 0. The van der Waals surface area contributed by atoms with E-state index in [1.54, 1.807) is 13.2 Å². The largest absolute Gasteiger partial charge is 0.497 e. The summed E-state index contributed by atoms with van der Waals surface area (Å²) in [4.78, 5) is 4.74. The first kappa shape index (κ1) is 17.8. The molecule has 0 spiro atoms. The molecule has 0 amide bonds. The number of hydrogen-bond acceptors (Lipinski definition) is 3. The van der Waals surface area contributed by atoms with Crippen LogP contribution in [-0.2, 0) is 13.1 Å². The molecule has 1 saturated heterocycles. The Hall–Kier alpha value is -1.98. The van der Waals surface area contributed by atoms with Crippen molar-refractivity contribution in [3.8, 4) is 5.75 Å². The van der Waals surface area contributed by atoms with E-state index in [9.17, 15) is 8.78 Å². The maximum atomic E-state index is 13.4. The third-order valence-corrected chi connectivity index (χ3v) is 4.64. The summed E-state index contributed by atoms with van der Waals surface area (Å²) in [7, 11) is 1.67. The van der Waals surface area contributed by atoms with Crippen LogP contribution in [0.4, 0.5) is 8.78 Å². The lowest BCUT2D eigenvalue weighted by Gasteiger charge is -2.22. The fourth-order valence-electron chi connectivity index (χ4n) is 3.23. The molecule has 0 saturated carbocycles. The minimum atomic E-state index is -0.787. The third-order valence-electron chi connectivity index (χ3n) is 4.64. The number of hydrogen-bond donors (Lipinski definition) is 0. The van der Waals surface area contributed by atoms with Crippen molar-refractivity contribution in [3.63, 3.8) is 0 Å². The van der Waals surface area contributed by atoms with Gasteiger partial charge in [0.25, 0.3) is 0 Å². The van der Waals surface area contributed by atoms with E-state index in [1.165, 1.54) is 17.7 Å². The van der Waals surface area contributed by atoms with E-state index in [-0.39, 0.29) is 0 Å². The molecule has 0 bridgehead atoms. The summed E-state index contributed by atoms with van der Waals surface area (Å²) < 4.78 is 31.6. The second-order valence-corrected chi connectivity index (χ2v) is 6.50. The maximum absolute atomic E-state index is 13.4. The maximum Gasteiger partial charge on any atom is 0.159 e. The Balaban J connectivity index is 1.53. The molecule has 1 heterocycles. The Morgan fingerprint density at radius 1 is 0.800 bits per heavy atom. The van der Waals surface area contributed by atoms with Gasteiger partial charge in [0.1, 0.15) is 5.75 Å². The van der Waals surface area contributed by atoms with Gasteiger partial charge in [0.2, 0.25) is 0 Å². The van der Waals surface area contributed by atoms with E-state index in [2.05, 4.69) is 21.9 Å². The Morgan fingerprint density at radius 3 is 2.00 bits per heavy atom. The van der Waals surface area contributed by atoms with E-state index >= 15 is 0 Å². The number of benzene rings is 2. The molecule has 2 aromatic rings. The van der Waals surface area contributed by atoms with Crippen LogP contribution < -0.4 is 4.74 Å². The van der Waals surface area contributed by atoms with Crippen LogP contribution in [0.2, 0.25) is 0 Å². The van der Waals surface area contributed by atoms with Gasteiger partial charge in [0, 0.05) is 26.2 Å². The van der Waals surface area contributed by atoms with Crippen LogP contribution in [0.25, 0.3) is 0 Å². The normalized spacial score (nSPS) is 16.6. The monoisotopic (exact) mass is 346 g/mol. The average Bonchev–Trinajstić information content (AvgIpc) is 2.84. The zero-order valence-corrected chi connectivity index (χ0v) is 14.5. The number of methoxy groups -OCH3 is 1. The van der Waals surface area contributed by atoms with Crippen LogP contribution >= 0.6 is 0 Å². The van der Waals surface area contributed by atoms with Gasteiger partial charge in [0.15, 0.2) is 11.6 Å². The van der Waals surface area contributed by atoms with Crippen LogP contribution in [0.3, 0.4) is 0 Å². The van der Waals surface area contributed by atoms with E-state index in [4.69, 9.17) is 4.74 Å². The lowest BCUT2D eigenvalue weighted by Crippen LogP contribution is -2.30. The predicted molar refractivity (Wildman–Crippen MR) is 94.5 cm³/mol. The van der Waals surface area contributed by atoms with Crippen molar-refractivity contribution in [3.05, 3.63) is 65.2 Å². The number of ether oxygens (including phenoxy) is 1. The van der Waals surface area contributed by atoms with Crippen molar-refractivity contribution in [1.82, 2.24) is 9.80 Å². The standard InChI is InChI=1S/C20H24F2N2O/c1-25-18-6-3-16(4-7-18)14-23-9-2-10-24(12-11-23)15-17-5-8-19(21)20(22)13-17/h3-8,13H,2,9-12,14-15H2,1H3. The quantitative estimate of drug-likeness (QED) is 0.821. The van der Waals surface area contributed by atoms with Gasteiger partial charge in [-0.05, 0) is 54.9 Å². The summed E-state index contributed by atoms with van der Waals surface area (Å²) in [5, 5.41) is 0. The SMILES string of the molecule is COc1ccc(CN2CCCN(Cc3ccc(F)c(F)c3)CC2)cc1. The molecule has 2 aromatic carbocycles. The Bertz CT molecular complexity index is 691. The Morgan fingerprint density at radius 2 is 1.40 bits per heavy atom. The lowest BCUT2D eigenvalue weighted by atomic mass is 10.2. The summed E-state index contributed by atoms with van der Waals surface area (Å²) in [5.74, 6) is -0.684. The lowest BCUT2D eigenvalue weighted by molar-refractivity contribution is 0.247. The van der Waals surface area contributed by atoms with E-state index in [0.29, 0.717) is 6.54 Å². The van der Waals surface area contributed by atoms with Gasteiger partial charge in [-0.25, -0.2) is 8.78 Å². The summed E-state index contributed by atoms with van der Waals surface area (Å²) in [6.07, 6.45) is 1.07. The van der Waals surface area contributed by atoms with Crippen LogP contribution in [0, 0.1) is 11.6 Å². The molecule has 134 valence electrons. The molecule has 1 aliphatic rings. The zero-order chi connectivity index (χ0) is 17.6. The first-order chi connectivity index (χ1) is 12.1. The van der Waals surface area contributed by atoms with Gasteiger partial charge in [0.05, 0.1) is 7.11 Å². The van der Waals surface area contributed by atoms with Gasteiger partial charge >= 0.3 is 0 Å². The van der Waals surface area contributed by atoms with E-state index < -0.39 is 11.6 Å². The highest BCUT2D eigenvalue weighted by Crippen LogP contribution is 2.16. The fourth-order valence-corrected chi connectivity index (χ4v) is 3.23. The summed E-state index contributed by atoms with van der Waals surface area (Å²) in [6.45, 7) is 5.49. The molecule has 1 fully saturated rings. The molecule has 0 aromatic heterocycles. The minimum absolute atomic E-state index is 0.660. The molecule has 0 radical (unpaired) electrons. The summed E-state index contributed by atoms with van der Waals surface area (Å²) in [5.41, 5.74) is 2.09. The minimum Gasteiger partial charge on any atom is -0.497 e. The number of rotatable bonds is 5. The van der Waals surface area contributed by atoms with E-state index in [1.807, 2.05) is 12.1 Å². The Kier molecular flexibility index (Phi) is 6.00. The molecule has 1 aliphatic heterocycles. The van der Waals surface area contributed by atoms with Crippen molar-refractivity contribution in [2.24, 2.45) is 0 Å². The Labute approximate surface area is 147 Å². The molecule has 0 N–H and O–H groups in total.